The van der Waals surface area contributed by atoms with Crippen LogP contribution in [0.25, 0.3) is 16.6 Å². The molecule has 0 saturated heterocycles. The largest absolute Gasteiger partial charge is 0.478 e. The number of fused-ring (bicyclic) bond motifs is 1. The average Bonchev–Trinajstić information content (AvgIpc) is 3.38. The molecule has 3 aromatic carbocycles. The summed E-state index contributed by atoms with van der Waals surface area (Å²) in [6, 6.07) is 24.0. The number of carbonyl (C=O) groups excluding carboxylic acids is 1. The van der Waals surface area contributed by atoms with Crippen LogP contribution in [0, 0.1) is 6.92 Å². The van der Waals surface area contributed by atoms with Crippen LogP contribution < -0.4 is 4.90 Å². The molecule has 2 aromatic heterocycles. The molecule has 1 N–H and O–H groups in total. The highest BCUT2D eigenvalue weighted by Gasteiger charge is 2.29. The highest BCUT2D eigenvalue weighted by atomic mass is 35.5. The molecule has 2 heterocycles. The summed E-state index contributed by atoms with van der Waals surface area (Å²) in [5, 5.41) is 8.53. The van der Waals surface area contributed by atoms with E-state index in [0.29, 0.717) is 0 Å². The van der Waals surface area contributed by atoms with Crippen molar-refractivity contribution in [3.63, 3.8) is 0 Å². The maximum atomic E-state index is 12.9. The molecule has 228 valence electrons. The zero-order chi connectivity index (χ0) is 32.1. The molecule has 0 aliphatic heterocycles. The molecule has 0 radical (unpaired) electrons. The SMILES string of the molecule is CCN(CC)c1ccc(C(=O)c2c(Cl)c(Cl)c(Cl)c(Cl)c2C(=O)O)cc1.CCc1ccc2cc(-c3ccccc3)c(C)n2c1. The van der Waals surface area contributed by atoms with E-state index in [1.165, 1.54) is 27.9 Å². The zero-order valence-electron chi connectivity index (χ0n) is 24.8. The van der Waals surface area contributed by atoms with Crippen molar-refractivity contribution in [1.82, 2.24) is 4.40 Å². The fourth-order valence-corrected chi connectivity index (χ4v) is 6.09. The second kappa shape index (κ2) is 14.5. The summed E-state index contributed by atoms with van der Waals surface area (Å²) in [5.41, 5.74) is 7.03. The van der Waals surface area contributed by atoms with Gasteiger partial charge >= 0.3 is 5.97 Å². The van der Waals surface area contributed by atoms with E-state index >= 15 is 0 Å². The maximum Gasteiger partial charge on any atom is 0.338 e. The van der Waals surface area contributed by atoms with Crippen molar-refractivity contribution in [1.29, 1.82) is 0 Å². The number of aryl methyl sites for hydroxylation is 2. The number of rotatable bonds is 8. The third kappa shape index (κ3) is 6.77. The lowest BCUT2D eigenvalue weighted by Gasteiger charge is -2.21. The van der Waals surface area contributed by atoms with Gasteiger partial charge in [-0.15, -0.1) is 0 Å². The number of anilines is 1. The Morgan fingerprint density at radius 1 is 0.773 bits per heavy atom. The van der Waals surface area contributed by atoms with Crippen LogP contribution in [0.4, 0.5) is 5.69 Å². The van der Waals surface area contributed by atoms with Gasteiger partial charge in [0.1, 0.15) is 0 Å². The van der Waals surface area contributed by atoms with Crippen molar-refractivity contribution in [2.75, 3.05) is 18.0 Å². The fourth-order valence-electron chi connectivity index (χ4n) is 5.07. The van der Waals surface area contributed by atoms with Gasteiger partial charge in [0.15, 0.2) is 5.78 Å². The first-order valence-corrected chi connectivity index (χ1v) is 15.7. The molecule has 0 unspecified atom stereocenters. The molecular formula is C35H32Cl4N2O3. The Kier molecular flexibility index (Phi) is 11.0. The lowest BCUT2D eigenvalue weighted by molar-refractivity contribution is 0.0693. The Hall–Kier alpha value is -3.48. The van der Waals surface area contributed by atoms with E-state index in [1.807, 2.05) is 13.8 Å². The molecule has 5 nitrogen and oxygen atoms in total. The molecule has 0 saturated carbocycles. The monoisotopic (exact) mass is 668 g/mol. The van der Waals surface area contributed by atoms with Gasteiger partial charge in [-0.25, -0.2) is 4.79 Å². The minimum absolute atomic E-state index is 0.161. The van der Waals surface area contributed by atoms with Crippen LogP contribution in [-0.4, -0.2) is 34.3 Å². The molecule has 5 rings (SSSR count). The van der Waals surface area contributed by atoms with Gasteiger partial charge in [0.05, 0.1) is 31.2 Å². The topological polar surface area (TPSA) is 62.0 Å². The van der Waals surface area contributed by atoms with Gasteiger partial charge in [0.25, 0.3) is 0 Å². The van der Waals surface area contributed by atoms with Crippen LogP contribution >= 0.6 is 46.4 Å². The number of hydrogen-bond donors (Lipinski definition) is 1. The average molecular weight is 670 g/mol. The normalized spacial score (nSPS) is 10.8. The summed E-state index contributed by atoms with van der Waals surface area (Å²) in [6.07, 6.45) is 3.32. The van der Waals surface area contributed by atoms with Gasteiger partial charge in [-0.3, -0.25) is 4.79 Å². The smallest absolute Gasteiger partial charge is 0.338 e. The molecule has 0 aliphatic carbocycles. The third-order valence-electron chi connectivity index (χ3n) is 7.54. The molecule has 44 heavy (non-hydrogen) atoms. The minimum Gasteiger partial charge on any atom is -0.478 e. The molecule has 0 fully saturated rings. The van der Waals surface area contributed by atoms with Gasteiger partial charge in [-0.05, 0) is 74.7 Å². The number of halogens is 4. The van der Waals surface area contributed by atoms with Crippen LogP contribution in [0.5, 0.6) is 0 Å². The highest BCUT2D eigenvalue weighted by Crippen LogP contribution is 2.42. The van der Waals surface area contributed by atoms with Gasteiger partial charge in [0.2, 0.25) is 0 Å². The number of carboxylic acid groups (broad SMARTS) is 1. The Bertz CT molecular complexity index is 1810. The van der Waals surface area contributed by atoms with E-state index < -0.39 is 17.3 Å². The van der Waals surface area contributed by atoms with E-state index in [9.17, 15) is 14.7 Å². The van der Waals surface area contributed by atoms with Crippen LogP contribution in [-0.2, 0) is 6.42 Å². The van der Waals surface area contributed by atoms with E-state index in [-0.39, 0.29) is 31.2 Å². The van der Waals surface area contributed by atoms with E-state index in [2.05, 4.69) is 77.9 Å². The van der Waals surface area contributed by atoms with E-state index in [1.54, 1.807) is 24.3 Å². The van der Waals surface area contributed by atoms with Crippen molar-refractivity contribution in [3.8, 4) is 11.1 Å². The predicted molar refractivity (Wildman–Crippen MR) is 184 cm³/mol. The number of pyridine rings is 1. The number of carboxylic acids is 1. The number of ketones is 1. The van der Waals surface area contributed by atoms with Crippen molar-refractivity contribution in [2.24, 2.45) is 0 Å². The molecule has 9 heteroatoms. The number of nitrogens with zero attached hydrogens (tertiary/aromatic N) is 2. The zero-order valence-corrected chi connectivity index (χ0v) is 27.8. The lowest BCUT2D eigenvalue weighted by atomic mass is 9.97. The first kappa shape index (κ1) is 33.4. The summed E-state index contributed by atoms with van der Waals surface area (Å²) < 4.78 is 2.29. The first-order chi connectivity index (χ1) is 21.0. The number of carbonyl (C=O) groups is 2. The molecule has 0 atom stereocenters. The second-order valence-electron chi connectivity index (χ2n) is 10.1. The van der Waals surface area contributed by atoms with Crippen LogP contribution in [0.2, 0.25) is 20.1 Å². The summed E-state index contributed by atoms with van der Waals surface area (Å²) in [5.74, 6) is -2.02. The van der Waals surface area contributed by atoms with Crippen LogP contribution in [0.15, 0.2) is 79.0 Å². The second-order valence-corrected chi connectivity index (χ2v) is 11.6. The molecular weight excluding hydrogens is 638 g/mol. The molecule has 0 aliphatic rings. The van der Waals surface area contributed by atoms with E-state index in [0.717, 1.165) is 25.2 Å². The summed E-state index contributed by atoms with van der Waals surface area (Å²) >= 11 is 24.0. The standard InChI is InChI=1S/C18H15Cl4NO3.C17H17N/c1-3-23(4-2)10-7-5-9(6-8-10)17(24)11-12(18(25)26)14(20)16(22)15(21)13(11)19;1-3-14-9-10-16-11-17(13(2)18(16)12-14)15-7-5-4-6-8-15/h5-8H,3-4H2,1-2H3,(H,25,26);4-12H,3H2,1-2H3. The number of aromatic nitrogens is 1. The number of aromatic carboxylic acids is 1. The molecule has 0 amide bonds. The van der Waals surface area contributed by atoms with Gasteiger partial charge in [0, 0.05) is 47.3 Å². The van der Waals surface area contributed by atoms with Gasteiger partial charge in [-0.2, -0.15) is 0 Å². The summed E-state index contributed by atoms with van der Waals surface area (Å²) in [4.78, 5) is 26.6. The molecule has 0 bridgehead atoms. The van der Waals surface area contributed by atoms with Gasteiger partial charge < -0.3 is 14.4 Å². The predicted octanol–water partition coefficient (Wildman–Crippen LogP) is 10.6. The van der Waals surface area contributed by atoms with Crippen molar-refractivity contribution < 1.29 is 14.7 Å². The third-order valence-corrected chi connectivity index (χ3v) is 9.35. The fraction of sp³-hybridized carbons (Fsp3) is 0.200. The van der Waals surface area contributed by atoms with E-state index in [4.69, 9.17) is 46.4 Å². The first-order valence-electron chi connectivity index (χ1n) is 14.2. The summed E-state index contributed by atoms with van der Waals surface area (Å²) in [6.45, 7) is 10.1. The molecule has 5 aromatic rings. The molecule has 0 spiro atoms. The van der Waals surface area contributed by atoms with Crippen LogP contribution in [0.1, 0.15) is 58.3 Å². The Morgan fingerprint density at radius 3 is 1.91 bits per heavy atom. The Morgan fingerprint density at radius 2 is 1.36 bits per heavy atom. The maximum absolute atomic E-state index is 12.9. The highest BCUT2D eigenvalue weighted by molar-refractivity contribution is 6.54. The number of benzene rings is 3. The Balaban J connectivity index is 0.000000213. The van der Waals surface area contributed by atoms with Crippen LogP contribution in [0.3, 0.4) is 0 Å². The van der Waals surface area contributed by atoms with Crippen molar-refractivity contribution in [2.45, 2.75) is 34.1 Å². The van der Waals surface area contributed by atoms with Crippen molar-refractivity contribution >= 4 is 69.4 Å². The summed E-state index contributed by atoms with van der Waals surface area (Å²) in [7, 11) is 0. The van der Waals surface area contributed by atoms with Gasteiger partial charge in [-0.1, -0.05) is 89.7 Å². The number of hydrogen-bond acceptors (Lipinski definition) is 3. The van der Waals surface area contributed by atoms with Crippen molar-refractivity contribution in [3.05, 3.63) is 127 Å². The lowest BCUT2D eigenvalue weighted by Crippen LogP contribution is -2.21. The Labute approximate surface area is 277 Å². The quantitative estimate of drug-likeness (QED) is 0.101. The minimum atomic E-state index is -1.42.